The molecule has 0 unspecified atom stereocenters. The van der Waals surface area contributed by atoms with E-state index in [0.29, 0.717) is 5.56 Å². The fourth-order valence-electron chi connectivity index (χ4n) is 2.60. The van der Waals surface area contributed by atoms with E-state index in [1.165, 1.54) is 5.56 Å². The Labute approximate surface area is 147 Å². The number of likely N-dealkylation sites (N-methyl/N-ethyl adjacent to an activating group) is 1. The number of amides is 1. The minimum Gasteiger partial charge on any atom is -0.322 e. The normalized spacial score (nSPS) is 11.2. The van der Waals surface area contributed by atoms with Gasteiger partial charge in [-0.3, -0.25) is 4.79 Å². The molecule has 6 nitrogen and oxygen atoms in total. The van der Waals surface area contributed by atoms with E-state index in [2.05, 4.69) is 27.5 Å². The molecule has 0 atom stereocenters. The van der Waals surface area contributed by atoms with Crippen molar-refractivity contribution in [3.63, 3.8) is 0 Å². The molecular weight excluding hydrogens is 314 g/mol. The minimum absolute atomic E-state index is 0.145. The van der Waals surface area contributed by atoms with Gasteiger partial charge in [-0.1, -0.05) is 11.3 Å². The first-order valence-electron chi connectivity index (χ1n) is 8.30. The monoisotopic (exact) mass is 337 g/mol. The fourth-order valence-corrected chi connectivity index (χ4v) is 2.60. The highest BCUT2D eigenvalue weighted by Crippen LogP contribution is 2.17. The first-order chi connectivity index (χ1) is 11.9. The van der Waals surface area contributed by atoms with E-state index < -0.39 is 0 Å². The maximum atomic E-state index is 12.5. The number of hydrogen-bond acceptors (Lipinski definition) is 4. The molecule has 2 aromatic carbocycles. The zero-order valence-electron chi connectivity index (χ0n) is 15.1. The van der Waals surface area contributed by atoms with Gasteiger partial charge in [-0.2, -0.15) is 0 Å². The number of carbonyl (C=O) groups is 1. The van der Waals surface area contributed by atoms with Crippen LogP contribution in [0.5, 0.6) is 0 Å². The molecule has 6 heteroatoms. The summed E-state index contributed by atoms with van der Waals surface area (Å²) in [5.41, 5.74) is 5.38. The van der Waals surface area contributed by atoms with Crippen molar-refractivity contribution < 1.29 is 4.79 Å². The summed E-state index contributed by atoms with van der Waals surface area (Å²) in [5.74, 6) is -0.145. The van der Waals surface area contributed by atoms with Crippen LogP contribution < -0.4 is 5.32 Å². The van der Waals surface area contributed by atoms with Crippen molar-refractivity contribution in [3.8, 4) is 0 Å². The molecule has 0 fully saturated rings. The SMILES string of the molecule is Cc1ccc(NC(=O)c2ccc3c(c2)nnn3CCN(C)C)cc1C. The Morgan fingerprint density at radius 2 is 1.92 bits per heavy atom. The molecule has 1 heterocycles. The Hall–Kier alpha value is -2.73. The van der Waals surface area contributed by atoms with Crippen molar-refractivity contribution >= 4 is 22.6 Å². The summed E-state index contributed by atoms with van der Waals surface area (Å²) in [6, 6.07) is 11.4. The van der Waals surface area contributed by atoms with Crippen molar-refractivity contribution in [1.82, 2.24) is 19.9 Å². The van der Waals surface area contributed by atoms with Crippen LogP contribution in [-0.2, 0) is 6.54 Å². The Morgan fingerprint density at radius 3 is 2.64 bits per heavy atom. The topological polar surface area (TPSA) is 63.1 Å². The molecule has 1 aromatic heterocycles. The highest BCUT2D eigenvalue weighted by Gasteiger charge is 2.11. The van der Waals surface area contributed by atoms with Gasteiger partial charge in [-0.05, 0) is 69.4 Å². The largest absolute Gasteiger partial charge is 0.322 e. The van der Waals surface area contributed by atoms with Crippen LogP contribution in [-0.4, -0.2) is 46.4 Å². The zero-order valence-corrected chi connectivity index (χ0v) is 15.1. The summed E-state index contributed by atoms with van der Waals surface area (Å²) >= 11 is 0. The molecule has 1 amide bonds. The Bertz CT molecular complexity index is 913. The molecule has 0 aliphatic heterocycles. The third-order valence-electron chi connectivity index (χ3n) is 4.30. The number of hydrogen-bond donors (Lipinski definition) is 1. The number of aromatic nitrogens is 3. The smallest absolute Gasteiger partial charge is 0.255 e. The third-order valence-corrected chi connectivity index (χ3v) is 4.30. The molecule has 1 N–H and O–H groups in total. The number of fused-ring (bicyclic) bond motifs is 1. The van der Waals surface area contributed by atoms with E-state index >= 15 is 0 Å². The van der Waals surface area contributed by atoms with Crippen LogP contribution in [0.15, 0.2) is 36.4 Å². The number of carbonyl (C=O) groups excluding carboxylic acids is 1. The number of nitrogens with zero attached hydrogens (tertiary/aromatic N) is 4. The van der Waals surface area contributed by atoms with Crippen LogP contribution in [0.3, 0.4) is 0 Å². The molecule has 0 saturated carbocycles. The molecule has 3 rings (SSSR count). The Balaban J connectivity index is 1.79. The van der Waals surface area contributed by atoms with Crippen LogP contribution in [0, 0.1) is 13.8 Å². The summed E-state index contributed by atoms with van der Waals surface area (Å²) in [6.07, 6.45) is 0. The first kappa shape index (κ1) is 17.1. The lowest BCUT2D eigenvalue weighted by Gasteiger charge is -2.09. The second-order valence-corrected chi connectivity index (χ2v) is 6.57. The van der Waals surface area contributed by atoms with Crippen molar-refractivity contribution in [2.75, 3.05) is 26.0 Å². The van der Waals surface area contributed by atoms with Crippen LogP contribution >= 0.6 is 0 Å². The van der Waals surface area contributed by atoms with Crippen LogP contribution in [0.1, 0.15) is 21.5 Å². The van der Waals surface area contributed by atoms with Crippen molar-refractivity contribution in [1.29, 1.82) is 0 Å². The van der Waals surface area contributed by atoms with Gasteiger partial charge < -0.3 is 10.2 Å². The number of nitrogens with one attached hydrogen (secondary N) is 1. The molecular formula is C19H23N5O. The van der Waals surface area contributed by atoms with Gasteiger partial charge in [0, 0.05) is 17.8 Å². The predicted molar refractivity (Wildman–Crippen MR) is 100.0 cm³/mol. The Kier molecular flexibility index (Phi) is 4.81. The summed E-state index contributed by atoms with van der Waals surface area (Å²) in [4.78, 5) is 14.6. The van der Waals surface area contributed by atoms with E-state index in [0.717, 1.165) is 35.4 Å². The van der Waals surface area contributed by atoms with Crippen molar-refractivity contribution in [2.24, 2.45) is 0 Å². The highest BCUT2D eigenvalue weighted by atomic mass is 16.1. The van der Waals surface area contributed by atoms with E-state index in [1.54, 1.807) is 6.07 Å². The van der Waals surface area contributed by atoms with Gasteiger partial charge in [-0.15, -0.1) is 5.10 Å². The maximum Gasteiger partial charge on any atom is 0.255 e. The molecule has 0 aliphatic rings. The summed E-state index contributed by atoms with van der Waals surface area (Å²) < 4.78 is 1.86. The molecule has 0 spiro atoms. The lowest BCUT2D eigenvalue weighted by Crippen LogP contribution is -2.19. The lowest BCUT2D eigenvalue weighted by atomic mass is 10.1. The van der Waals surface area contributed by atoms with Gasteiger partial charge in [0.1, 0.15) is 5.52 Å². The van der Waals surface area contributed by atoms with Crippen LogP contribution in [0.2, 0.25) is 0 Å². The van der Waals surface area contributed by atoms with E-state index in [9.17, 15) is 4.79 Å². The van der Waals surface area contributed by atoms with Crippen molar-refractivity contribution in [2.45, 2.75) is 20.4 Å². The average molecular weight is 337 g/mol. The van der Waals surface area contributed by atoms with Gasteiger partial charge >= 0.3 is 0 Å². The average Bonchev–Trinajstić information content (AvgIpc) is 2.98. The second-order valence-electron chi connectivity index (χ2n) is 6.57. The van der Waals surface area contributed by atoms with Gasteiger partial charge in [0.15, 0.2) is 0 Å². The predicted octanol–water partition coefficient (Wildman–Crippen LogP) is 2.86. The quantitative estimate of drug-likeness (QED) is 0.777. The van der Waals surface area contributed by atoms with E-state index in [4.69, 9.17) is 0 Å². The van der Waals surface area contributed by atoms with Gasteiger partial charge in [-0.25, -0.2) is 4.68 Å². The molecule has 0 aliphatic carbocycles. The molecule has 3 aromatic rings. The number of rotatable bonds is 5. The standard InChI is InChI=1S/C19H23N5O/c1-13-5-7-16(11-14(13)2)20-19(25)15-6-8-18-17(12-15)21-22-24(18)10-9-23(3)4/h5-8,11-12H,9-10H2,1-4H3,(H,20,25). The number of benzene rings is 2. The first-order valence-corrected chi connectivity index (χ1v) is 8.30. The molecule has 25 heavy (non-hydrogen) atoms. The lowest BCUT2D eigenvalue weighted by molar-refractivity contribution is 0.102. The van der Waals surface area contributed by atoms with E-state index in [1.807, 2.05) is 56.0 Å². The van der Waals surface area contributed by atoms with Crippen LogP contribution in [0.4, 0.5) is 5.69 Å². The second kappa shape index (κ2) is 7.03. The van der Waals surface area contributed by atoms with Gasteiger partial charge in [0.2, 0.25) is 0 Å². The summed E-state index contributed by atoms with van der Waals surface area (Å²) in [7, 11) is 4.04. The van der Waals surface area contributed by atoms with Crippen LogP contribution in [0.25, 0.3) is 11.0 Å². The number of anilines is 1. The third kappa shape index (κ3) is 3.85. The molecule has 0 saturated heterocycles. The zero-order chi connectivity index (χ0) is 18.0. The van der Waals surface area contributed by atoms with Crippen molar-refractivity contribution in [3.05, 3.63) is 53.1 Å². The Morgan fingerprint density at radius 1 is 1.12 bits per heavy atom. The maximum absolute atomic E-state index is 12.5. The van der Waals surface area contributed by atoms with Gasteiger partial charge in [0.25, 0.3) is 5.91 Å². The minimum atomic E-state index is -0.145. The summed E-state index contributed by atoms with van der Waals surface area (Å²) in [5, 5.41) is 11.3. The molecule has 0 bridgehead atoms. The molecule has 0 radical (unpaired) electrons. The summed E-state index contributed by atoms with van der Waals surface area (Å²) in [6.45, 7) is 5.72. The fraction of sp³-hybridized carbons (Fsp3) is 0.316. The van der Waals surface area contributed by atoms with E-state index in [-0.39, 0.29) is 5.91 Å². The number of aryl methyl sites for hydroxylation is 2. The molecule has 130 valence electrons. The van der Waals surface area contributed by atoms with Gasteiger partial charge in [0.05, 0.1) is 12.1 Å². The highest BCUT2D eigenvalue weighted by molar-refractivity contribution is 6.05.